The molecule has 0 aliphatic heterocycles. The summed E-state index contributed by atoms with van der Waals surface area (Å²) in [6.45, 7) is 2.03. The SMILES string of the molecule is COC(=O)c1ccc(Cl)c(Nc2nncc(NC(C)c3ccccc3)n2)c1. The van der Waals surface area contributed by atoms with Gasteiger partial charge in [0, 0.05) is 6.04 Å². The molecule has 1 unspecified atom stereocenters. The third-order valence-electron chi connectivity index (χ3n) is 3.86. The van der Waals surface area contributed by atoms with E-state index in [1.807, 2.05) is 37.3 Å². The van der Waals surface area contributed by atoms with Gasteiger partial charge in [-0.25, -0.2) is 4.79 Å². The summed E-state index contributed by atoms with van der Waals surface area (Å²) < 4.78 is 4.72. The third-order valence-corrected chi connectivity index (χ3v) is 4.19. The molecule has 0 amide bonds. The first-order valence-electron chi connectivity index (χ1n) is 8.23. The van der Waals surface area contributed by atoms with Gasteiger partial charge in [-0.1, -0.05) is 41.9 Å². The van der Waals surface area contributed by atoms with E-state index in [-0.39, 0.29) is 12.0 Å². The monoisotopic (exact) mass is 383 g/mol. The van der Waals surface area contributed by atoms with Gasteiger partial charge >= 0.3 is 5.97 Å². The van der Waals surface area contributed by atoms with E-state index in [4.69, 9.17) is 16.3 Å². The van der Waals surface area contributed by atoms with Gasteiger partial charge < -0.3 is 15.4 Å². The molecule has 0 saturated carbocycles. The molecule has 8 heteroatoms. The molecule has 2 aromatic carbocycles. The van der Waals surface area contributed by atoms with Gasteiger partial charge in [-0.15, -0.1) is 5.10 Å². The van der Waals surface area contributed by atoms with Crippen LogP contribution >= 0.6 is 11.6 Å². The Morgan fingerprint density at radius 2 is 1.96 bits per heavy atom. The first-order chi connectivity index (χ1) is 13.1. The Hall–Kier alpha value is -3.19. The summed E-state index contributed by atoms with van der Waals surface area (Å²) in [7, 11) is 1.32. The van der Waals surface area contributed by atoms with Gasteiger partial charge in [-0.3, -0.25) is 0 Å². The highest BCUT2D eigenvalue weighted by molar-refractivity contribution is 6.33. The van der Waals surface area contributed by atoms with Crippen LogP contribution in [0.4, 0.5) is 17.5 Å². The van der Waals surface area contributed by atoms with E-state index >= 15 is 0 Å². The van der Waals surface area contributed by atoms with Crippen LogP contribution in [-0.2, 0) is 4.74 Å². The fraction of sp³-hybridized carbons (Fsp3) is 0.158. The number of nitrogens with one attached hydrogen (secondary N) is 2. The van der Waals surface area contributed by atoms with Crippen molar-refractivity contribution in [2.75, 3.05) is 17.7 Å². The van der Waals surface area contributed by atoms with Crippen molar-refractivity contribution in [1.82, 2.24) is 15.2 Å². The lowest BCUT2D eigenvalue weighted by atomic mass is 10.1. The zero-order valence-corrected chi connectivity index (χ0v) is 15.6. The molecular formula is C19H18ClN5O2. The van der Waals surface area contributed by atoms with Crippen LogP contribution in [0, 0.1) is 0 Å². The van der Waals surface area contributed by atoms with Gasteiger partial charge in [0.1, 0.15) is 0 Å². The highest BCUT2D eigenvalue weighted by Gasteiger charge is 2.11. The number of ether oxygens (including phenoxy) is 1. The molecule has 0 bridgehead atoms. The number of carbonyl (C=O) groups excluding carboxylic acids is 1. The van der Waals surface area contributed by atoms with Crippen molar-refractivity contribution < 1.29 is 9.53 Å². The number of halogens is 1. The molecule has 27 heavy (non-hydrogen) atoms. The van der Waals surface area contributed by atoms with E-state index in [1.54, 1.807) is 18.2 Å². The second kappa shape index (κ2) is 8.46. The van der Waals surface area contributed by atoms with Crippen LogP contribution in [0.2, 0.25) is 5.02 Å². The zero-order chi connectivity index (χ0) is 19.2. The maximum absolute atomic E-state index is 11.7. The van der Waals surface area contributed by atoms with Crippen molar-refractivity contribution in [3.05, 3.63) is 70.9 Å². The third kappa shape index (κ3) is 4.71. The number of benzene rings is 2. The van der Waals surface area contributed by atoms with Gasteiger partial charge in [0.15, 0.2) is 5.82 Å². The van der Waals surface area contributed by atoms with E-state index < -0.39 is 5.97 Å². The Labute approximate surface area is 161 Å². The first kappa shape index (κ1) is 18.6. The van der Waals surface area contributed by atoms with Crippen molar-refractivity contribution in [2.45, 2.75) is 13.0 Å². The number of esters is 1. The van der Waals surface area contributed by atoms with Crippen LogP contribution in [0.15, 0.2) is 54.7 Å². The molecule has 1 heterocycles. The quantitative estimate of drug-likeness (QED) is 0.615. The largest absolute Gasteiger partial charge is 0.465 e. The van der Waals surface area contributed by atoms with Crippen molar-refractivity contribution in [3.63, 3.8) is 0 Å². The molecule has 1 atom stereocenters. The summed E-state index contributed by atoms with van der Waals surface area (Å²) >= 11 is 6.19. The Kier molecular flexibility index (Phi) is 5.83. The van der Waals surface area contributed by atoms with Gasteiger partial charge in [0.05, 0.1) is 29.6 Å². The van der Waals surface area contributed by atoms with Crippen LogP contribution in [0.25, 0.3) is 0 Å². The number of nitrogens with zero attached hydrogens (tertiary/aromatic N) is 3. The van der Waals surface area contributed by atoms with E-state index in [1.165, 1.54) is 13.3 Å². The van der Waals surface area contributed by atoms with Crippen molar-refractivity contribution >= 4 is 35.0 Å². The highest BCUT2D eigenvalue weighted by atomic mass is 35.5. The summed E-state index contributed by atoms with van der Waals surface area (Å²) in [4.78, 5) is 16.1. The summed E-state index contributed by atoms with van der Waals surface area (Å²) in [5, 5.41) is 14.6. The number of hydrogen-bond acceptors (Lipinski definition) is 7. The lowest BCUT2D eigenvalue weighted by Crippen LogP contribution is -2.10. The topological polar surface area (TPSA) is 89.0 Å². The Bertz CT molecular complexity index is 936. The first-order valence-corrected chi connectivity index (χ1v) is 8.60. The second-order valence-electron chi connectivity index (χ2n) is 5.75. The Morgan fingerprint density at radius 1 is 1.19 bits per heavy atom. The van der Waals surface area contributed by atoms with E-state index in [0.717, 1.165) is 5.56 Å². The van der Waals surface area contributed by atoms with Crippen LogP contribution in [0.3, 0.4) is 0 Å². The van der Waals surface area contributed by atoms with Gasteiger partial charge in [-0.05, 0) is 30.7 Å². The van der Waals surface area contributed by atoms with Crippen LogP contribution in [0.5, 0.6) is 0 Å². The molecule has 3 rings (SSSR count). The molecule has 2 N–H and O–H groups in total. The number of rotatable bonds is 6. The van der Waals surface area contributed by atoms with E-state index in [9.17, 15) is 4.79 Å². The van der Waals surface area contributed by atoms with E-state index in [0.29, 0.717) is 22.1 Å². The lowest BCUT2D eigenvalue weighted by molar-refractivity contribution is 0.0601. The molecule has 3 aromatic rings. The zero-order valence-electron chi connectivity index (χ0n) is 14.8. The molecule has 0 radical (unpaired) electrons. The fourth-order valence-electron chi connectivity index (χ4n) is 2.46. The molecule has 138 valence electrons. The minimum absolute atomic E-state index is 0.0435. The summed E-state index contributed by atoms with van der Waals surface area (Å²) in [6.07, 6.45) is 1.54. The van der Waals surface area contributed by atoms with Crippen molar-refractivity contribution in [2.24, 2.45) is 0 Å². The second-order valence-corrected chi connectivity index (χ2v) is 6.16. The minimum atomic E-state index is -0.458. The van der Waals surface area contributed by atoms with Crippen molar-refractivity contribution in [3.8, 4) is 0 Å². The molecule has 0 saturated heterocycles. The highest BCUT2D eigenvalue weighted by Crippen LogP contribution is 2.26. The van der Waals surface area contributed by atoms with Gasteiger partial charge in [-0.2, -0.15) is 10.1 Å². The van der Waals surface area contributed by atoms with Crippen molar-refractivity contribution in [1.29, 1.82) is 0 Å². The average Bonchev–Trinajstić information content (AvgIpc) is 2.70. The molecule has 0 aliphatic rings. The van der Waals surface area contributed by atoms with Gasteiger partial charge in [0.2, 0.25) is 5.95 Å². The summed E-state index contributed by atoms with van der Waals surface area (Å²) in [5.41, 5.74) is 1.97. The minimum Gasteiger partial charge on any atom is -0.465 e. The molecule has 7 nitrogen and oxygen atoms in total. The smallest absolute Gasteiger partial charge is 0.337 e. The van der Waals surface area contributed by atoms with E-state index in [2.05, 4.69) is 25.8 Å². The Balaban J connectivity index is 1.77. The number of anilines is 3. The fourth-order valence-corrected chi connectivity index (χ4v) is 2.62. The standard InChI is InChI=1S/C19H18ClN5O2/c1-12(13-6-4-3-5-7-13)22-17-11-21-25-19(24-17)23-16-10-14(18(26)27-2)8-9-15(16)20/h3-12H,1-2H3,(H2,22,23,24,25). The van der Waals surface area contributed by atoms with Gasteiger partial charge in [0.25, 0.3) is 0 Å². The molecule has 1 aromatic heterocycles. The van der Waals surface area contributed by atoms with Crippen LogP contribution < -0.4 is 10.6 Å². The maximum Gasteiger partial charge on any atom is 0.337 e. The normalized spacial score (nSPS) is 11.5. The average molecular weight is 384 g/mol. The Morgan fingerprint density at radius 3 is 2.70 bits per heavy atom. The molecule has 0 aliphatic carbocycles. The molecule has 0 fully saturated rings. The van der Waals surface area contributed by atoms with Crippen LogP contribution in [0.1, 0.15) is 28.9 Å². The maximum atomic E-state index is 11.7. The number of aromatic nitrogens is 3. The number of carbonyl (C=O) groups is 1. The van der Waals surface area contributed by atoms with Crippen LogP contribution in [-0.4, -0.2) is 28.3 Å². The molecule has 0 spiro atoms. The predicted molar refractivity (Wildman–Crippen MR) is 104 cm³/mol. The summed E-state index contributed by atoms with van der Waals surface area (Å²) in [6, 6.07) is 14.8. The predicted octanol–water partition coefficient (Wildman–Crippen LogP) is 4.23. The summed E-state index contributed by atoms with van der Waals surface area (Å²) in [5.74, 6) is 0.356. The number of hydrogen-bond donors (Lipinski definition) is 2. The molecular weight excluding hydrogens is 366 g/mol. The number of methoxy groups -OCH3 is 1. The lowest BCUT2D eigenvalue weighted by Gasteiger charge is -2.15.